The third-order valence-electron chi connectivity index (χ3n) is 4.77. The Labute approximate surface area is 170 Å². The minimum Gasteiger partial charge on any atom is -0.497 e. The second-order valence-electron chi connectivity index (χ2n) is 7.21. The largest absolute Gasteiger partial charge is 0.497 e. The van der Waals surface area contributed by atoms with E-state index in [1.165, 1.54) is 9.91 Å². The molecule has 3 rings (SSSR count). The van der Waals surface area contributed by atoms with E-state index in [9.17, 15) is 9.59 Å². The Balaban J connectivity index is 1.78. The van der Waals surface area contributed by atoms with Crippen LogP contribution in [0.5, 0.6) is 5.75 Å². The molecule has 0 aliphatic carbocycles. The first-order valence-electron chi connectivity index (χ1n) is 9.35. The third kappa shape index (κ3) is 4.83. The molecule has 0 fully saturated rings. The van der Waals surface area contributed by atoms with Gasteiger partial charge in [-0.3, -0.25) is 14.5 Å². The first-order chi connectivity index (χ1) is 13.9. The van der Waals surface area contributed by atoms with Gasteiger partial charge in [-0.2, -0.15) is 5.10 Å². The van der Waals surface area contributed by atoms with Gasteiger partial charge in [0, 0.05) is 20.5 Å². The number of carbonyl (C=O) groups excluding carboxylic acids is 2. The highest BCUT2D eigenvalue weighted by Crippen LogP contribution is 2.33. The molecular weight excluding hydrogens is 372 g/mol. The van der Waals surface area contributed by atoms with Crippen molar-refractivity contribution in [1.29, 1.82) is 0 Å². The molecule has 1 aromatic heterocycles. The van der Waals surface area contributed by atoms with Crippen molar-refractivity contribution in [2.24, 2.45) is 5.10 Å². The first kappa shape index (κ1) is 20.6. The van der Waals surface area contributed by atoms with E-state index >= 15 is 0 Å². The summed E-state index contributed by atoms with van der Waals surface area (Å²) in [6, 6.07) is 10.9. The van der Waals surface area contributed by atoms with Crippen LogP contribution in [0.15, 0.2) is 52.2 Å². The van der Waals surface area contributed by atoms with Gasteiger partial charge in [0.15, 0.2) is 0 Å². The van der Waals surface area contributed by atoms with E-state index in [2.05, 4.69) is 5.10 Å². The van der Waals surface area contributed by atoms with Gasteiger partial charge in [0.1, 0.15) is 17.6 Å². The monoisotopic (exact) mass is 398 g/mol. The highest BCUT2D eigenvalue weighted by Gasteiger charge is 2.35. The molecule has 0 bridgehead atoms. The van der Waals surface area contributed by atoms with Crippen molar-refractivity contribution in [2.45, 2.75) is 12.5 Å². The van der Waals surface area contributed by atoms with Crippen LogP contribution in [0.3, 0.4) is 0 Å². The van der Waals surface area contributed by atoms with E-state index in [0.717, 1.165) is 17.0 Å². The van der Waals surface area contributed by atoms with Crippen LogP contribution in [0.2, 0.25) is 0 Å². The molecule has 0 unspecified atom stereocenters. The quantitative estimate of drug-likeness (QED) is 0.713. The van der Waals surface area contributed by atoms with Gasteiger partial charge in [0.2, 0.25) is 5.91 Å². The number of benzene rings is 1. The summed E-state index contributed by atoms with van der Waals surface area (Å²) in [4.78, 5) is 28.1. The maximum Gasteiger partial charge on any atom is 0.257 e. The minimum atomic E-state index is -0.312. The number of likely N-dealkylation sites (N-methyl/N-ethyl adjacent to an activating group) is 2. The molecule has 1 aliphatic rings. The van der Waals surface area contributed by atoms with Gasteiger partial charge in [-0.25, -0.2) is 5.01 Å². The fourth-order valence-corrected chi connectivity index (χ4v) is 3.13. The van der Waals surface area contributed by atoms with Gasteiger partial charge in [0.25, 0.3) is 5.91 Å². The Morgan fingerprint density at radius 2 is 1.90 bits per heavy atom. The highest BCUT2D eigenvalue weighted by atomic mass is 16.5. The summed E-state index contributed by atoms with van der Waals surface area (Å²) in [5.74, 6) is 1.18. The van der Waals surface area contributed by atoms with Crippen LogP contribution in [-0.2, 0) is 9.59 Å². The Morgan fingerprint density at radius 3 is 2.48 bits per heavy atom. The molecule has 154 valence electrons. The second kappa shape index (κ2) is 8.91. The van der Waals surface area contributed by atoms with Gasteiger partial charge >= 0.3 is 0 Å². The minimum absolute atomic E-state index is 0.0632. The Hall–Kier alpha value is -3.13. The molecule has 29 heavy (non-hydrogen) atoms. The molecule has 1 aromatic carbocycles. The molecule has 0 saturated heterocycles. The predicted octanol–water partition coefficient (Wildman–Crippen LogP) is 1.99. The Bertz CT molecular complexity index is 875. The summed E-state index contributed by atoms with van der Waals surface area (Å²) in [7, 11) is 6.74. The number of hydrogen-bond donors (Lipinski definition) is 0. The molecule has 1 atom stereocenters. The van der Waals surface area contributed by atoms with E-state index in [0.29, 0.717) is 12.2 Å². The first-order valence-corrected chi connectivity index (χ1v) is 9.35. The zero-order valence-corrected chi connectivity index (χ0v) is 17.2. The number of hydrazone groups is 1. The van der Waals surface area contributed by atoms with Gasteiger partial charge < -0.3 is 14.1 Å². The number of furan rings is 1. The number of carbonyl (C=O) groups is 2. The van der Waals surface area contributed by atoms with Gasteiger partial charge in [-0.1, -0.05) is 0 Å². The van der Waals surface area contributed by atoms with Crippen LogP contribution < -0.4 is 4.74 Å². The summed E-state index contributed by atoms with van der Waals surface area (Å²) >= 11 is 0. The van der Waals surface area contributed by atoms with Crippen molar-refractivity contribution in [2.75, 3.05) is 41.3 Å². The van der Waals surface area contributed by atoms with Crippen LogP contribution >= 0.6 is 0 Å². The highest BCUT2D eigenvalue weighted by molar-refractivity contribution is 6.03. The summed E-state index contributed by atoms with van der Waals surface area (Å²) in [5, 5.41) is 6.06. The Morgan fingerprint density at radius 1 is 1.17 bits per heavy atom. The predicted molar refractivity (Wildman–Crippen MR) is 109 cm³/mol. The molecule has 0 saturated carbocycles. The molecule has 8 nitrogen and oxygen atoms in total. The van der Waals surface area contributed by atoms with E-state index in [-0.39, 0.29) is 30.9 Å². The van der Waals surface area contributed by atoms with Gasteiger partial charge in [-0.15, -0.1) is 0 Å². The van der Waals surface area contributed by atoms with Crippen LogP contribution in [0, 0.1) is 0 Å². The van der Waals surface area contributed by atoms with E-state index in [1.807, 2.05) is 30.3 Å². The molecule has 1 aliphatic heterocycles. The van der Waals surface area contributed by atoms with Crippen molar-refractivity contribution in [3.05, 3.63) is 54.0 Å². The average Bonchev–Trinajstić information content (AvgIpc) is 3.37. The lowest BCUT2D eigenvalue weighted by molar-refractivity contribution is -0.135. The number of hydrogen-bond acceptors (Lipinski definition) is 6. The lowest BCUT2D eigenvalue weighted by Crippen LogP contribution is -2.41. The molecule has 2 heterocycles. The van der Waals surface area contributed by atoms with Crippen LogP contribution in [0.25, 0.3) is 0 Å². The smallest absolute Gasteiger partial charge is 0.257 e. The van der Waals surface area contributed by atoms with E-state index in [1.54, 1.807) is 45.5 Å². The average molecular weight is 398 g/mol. The third-order valence-corrected chi connectivity index (χ3v) is 4.77. The summed E-state index contributed by atoms with van der Waals surface area (Å²) in [5.41, 5.74) is 1.73. The van der Waals surface area contributed by atoms with Crippen LogP contribution in [-0.4, -0.2) is 73.7 Å². The SMILES string of the molecule is COc1ccc(C2=NN(C(=O)CN(C)CC(=O)N(C)C)[C@H](c3ccco3)C2)cc1. The maximum atomic E-state index is 13.0. The fraction of sp³-hybridized carbons (Fsp3) is 0.381. The zero-order valence-electron chi connectivity index (χ0n) is 17.2. The lowest BCUT2D eigenvalue weighted by Gasteiger charge is -2.23. The number of methoxy groups -OCH3 is 1. The van der Waals surface area contributed by atoms with Crippen LogP contribution in [0.1, 0.15) is 23.8 Å². The molecular formula is C21H26N4O4. The normalized spacial score (nSPS) is 16.1. The molecule has 2 amide bonds. The number of amides is 2. The van der Waals surface area contributed by atoms with Crippen LogP contribution in [0.4, 0.5) is 0 Å². The zero-order chi connectivity index (χ0) is 21.0. The molecule has 0 radical (unpaired) electrons. The number of ether oxygens (including phenoxy) is 1. The summed E-state index contributed by atoms with van der Waals surface area (Å²) in [6.07, 6.45) is 2.14. The van der Waals surface area contributed by atoms with Crippen molar-refractivity contribution in [3.63, 3.8) is 0 Å². The maximum absolute atomic E-state index is 13.0. The topological polar surface area (TPSA) is 78.6 Å². The van der Waals surface area contributed by atoms with Gasteiger partial charge in [-0.05, 0) is 49.0 Å². The molecule has 2 aromatic rings. The Kier molecular flexibility index (Phi) is 6.33. The summed E-state index contributed by atoms with van der Waals surface area (Å²) < 4.78 is 10.8. The van der Waals surface area contributed by atoms with Crippen molar-refractivity contribution in [3.8, 4) is 5.75 Å². The second-order valence-corrected chi connectivity index (χ2v) is 7.21. The van der Waals surface area contributed by atoms with Crippen molar-refractivity contribution in [1.82, 2.24) is 14.8 Å². The standard InChI is InChI=1S/C21H26N4O4/c1-23(2)20(26)13-24(3)14-21(27)25-18(19-6-5-11-29-19)12-17(22-25)15-7-9-16(28-4)10-8-15/h5-11,18H,12-14H2,1-4H3/t18-/m0/s1. The van der Waals surface area contributed by atoms with Gasteiger partial charge in [0.05, 0.1) is 32.2 Å². The molecule has 0 spiro atoms. The fourth-order valence-electron chi connectivity index (χ4n) is 3.13. The summed E-state index contributed by atoms with van der Waals surface area (Å²) in [6.45, 7) is 0.239. The van der Waals surface area contributed by atoms with Crippen molar-refractivity contribution >= 4 is 17.5 Å². The van der Waals surface area contributed by atoms with Crippen molar-refractivity contribution < 1.29 is 18.7 Å². The lowest BCUT2D eigenvalue weighted by atomic mass is 10.0. The molecule has 0 N–H and O–H groups in total. The van der Waals surface area contributed by atoms with E-state index in [4.69, 9.17) is 9.15 Å². The number of rotatable bonds is 7. The number of nitrogens with zero attached hydrogens (tertiary/aromatic N) is 4. The molecule has 8 heteroatoms. The van der Waals surface area contributed by atoms with E-state index < -0.39 is 0 Å².